The highest BCUT2D eigenvalue weighted by atomic mass is 16.5. The number of ether oxygens (including phenoxy) is 1. The van der Waals surface area contributed by atoms with Gasteiger partial charge in [-0.25, -0.2) is 0 Å². The first kappa shape index (κ1) is 8.25. The summed E-state index contributed by atoms with van der Waals surface area (Å²) in [7, 11) is 0. The summed E-state index contributed by atoms with van der Waals surface area (Å²) in [5.41, 5.74) is 0.230. The molecule has 0 aromatic heterocycles. The molecular formula is C11H18O2. The first-order chi connectivity index (χ1) is 6.35. The van der Waals surface area contributed by atoms with Crippen LogP contribution in [-0.2, 0) is 4.74 Å². The summed E-state index contributed by atoms with van der Waals surface area (Å²) in [5, 5.41) is 9.08. The normalized spacial score (nSPS) is 38.1. The van der Waals surface area contributed by atoms with Gasteiger partial charge in [-0.2, -0.15) is 0 Å². The molecule has 74 valence electrons. The summed E-state index contributed by atoms with van der Waals surface area (Å²) in [6.45, 7) is 0.223. The SMILES string of the molecule is OCC1CCC(C2CC2)(C2CC2)O1. The molecule has 2 aliphatic carbocycles. The van der Waals surface area contributed by atoms with Crippen molar-refractivity contribution in [2.75, 3.05) is 6.61 Å². The first-order valence-corrected chi connectivity index (χ1v) is 5.64. The van der Waals surface area contributed by atoms with Gasteiger partial charge >= 0.3 is 0 Å². The fraction of sp³-hybridized carbons (Fsp3) is 1.00. The molecule has 1 N–H and O–H groups in total. The highest BCUT2D eigenvalue weighted by Crippen LogP contribution is 2.59. The van der Waals surface area contributed by atoms with E-state index in [0.29, 0.717) is 0 Å². The second-order valence-electron chi connectivity index (χ2n) is 4.96. The molecular weight excluding hydrogens is 164 g/mol. The minimum absolute atomic E-state index is 0.154. The Balaban J connectivity index is 1.76. The van der Waals surface area contributed by atoms with E-state index in [-0.39, 0.29) is 18.3 Å². The maximum Gasteiger partial charge on any atom is 0.0814 e. The van der Waals surface area contributed by atoms with Crippen molar-refractivity contribution in [3.63, 3.8) is 0 Å². The summed E-state index contributed by atoms with van der Waals surface area (Å²) < 4.78 is 6.10. The third-order valence-electron chi connectivity index (χ3n) is 3.98. The molecule has 1 saturated heterocycles. The first-order valence-electron chi connectivity index (χ1n) is 5.64. The topological polar surface area (TPSA) is 29.5 Å². The molecule has 2 nitrogen and oxygen atoms in total. The molecule has 0 amide bonds. The van der Waals surface area contributed by atoms with Gasteiger partial charge in [0.25, 0.3) is 0 Å². The van der Waals surface area contributed by atoms with Crippen molar-refractivity contribution in [3.8, 4) is 0 Å². The standard InChI is InChI=1S/C11H18O2/c12-7-10-5-6-11(13-10,8-1-2-8)9-3-4-9/h8-10,12H,1-7H2. The molecule has 0 aromatic rings. The largest absolute Gasteiger partial charge is 0.394 e. The van der Waals surface area contributed by atoms with Gasteiger partial charge in [0, 0.05) is 0 Å². The molecule has 3 fully saturated rings. The molecule has 0 bridgehead atoms. The zero-order chi connectivity index (χ0) is 8.89. The highest BCUT2D eigenvalue weighted by molar-refractivity contribution is 5.08. The quantitative estimate of drug-likeness (QED) is 0.720. The maximum atomic E-state index is 9.08. The van der Waals surface area contributed by atoms with Crippen LogP contribution in [0.25, 0.3) is 0 Å². The number of aliphatic hydroxyl groups excluding tert-OH is 1. The van der Waals surface area contributed by atoms with E-state index in [4.69, 9.17) is 9.84 Å². The Morgan fingerprint density at radius 3 is 2.08 bits per heavy atom. The minimum Gasteiger partial charge on any atom is -0.394 e. The smallest absolute Gasteiger partial charge is 0.0814 e. The van der Waals surface area contributed by atoms with Gasteiger partial charge in [-0.1, -0.05) is 0 Å². The lowest BCUT2D eigenvalue weighted by molar-refractivity contribution is -0.0857. The van der Waals surface area contributed by atoms with E-state index in [1.807, 2.05) is 0 Å². The van der Waals surface area contributed by atoms with Crippen LogP contribution in [-0.4, -0.2) is 23.4 Å². The molecule has 3 rings (SSSR count). The molecule has 0 spiro atoms. The van der Waals surface area contributed by atoms with Gasteiger partial charge < -0.3 is 9.84 Å². The molecule has 2 heteroatoms. The lowest BCUT2D eigenvalue weighted by Crippen LogP contribution is -2.35. The van der Waals surface area contributed by atoms with E-state index in [9.17, 15) is 0 Å². The maximum absolute atomic E-state index is 9.08. The summed E-state index contributed by atoms with van der Waals surface area (Å²) >= 11 is 0. The van der Waals surface area contributed by atoms with E-state index in [1.54, 1.807) is 0 Å². The van der Waals surface area contributed by atoms with Gasteiger partial charge in [-0.05, 0) is 50.4 Å². The average molecular weight is 182 g/mol. The van der Waals surface area contributed by atoms with Crippen LogP contribution in [0.1, 0.15) is 38.5 Å². The van der Waals surface area contributed by atoms with Gasteiger partial charge in [0.15, 0.2) is 0 Å². The molecule has 1 atom stereocenters. The number of hydrogen-bond donors (Lipinski definition) is 1. The zero-order valence-corrected chi connectivity index (χ0v) is 8.04. The van der Waals surface area contributed by atoms with E-state index in [1.165, 1.54) is 32.1 Å². The summed E-state index contributed by atoms with van der Waals surface area (Å²) in [4.78, 5) is 0. The van der Waals surface area contributed by atoms with Crippen LogP contribution >= 0.6 is 0 Å². The second-order valence-corrected chi connectivity index (χ2v) is 4.96. The lowest BCUT2D eigenvalue weighted by atomic mass is 9.88. The predicted molar refractivity (Wildman–Crippen MR) is 49.4 cm³/mol. The van der Waals surface area contributed by atoms with Crippen molar-refractivity contribution >= 4 is 0 Å². The molecule has 2 saturated carbocycles. The van der Waals surface area contributed by atoms with E-state index >= 15 is 0 Å². The Kier molecular flexibility index (Phi) is 1.72. The fourth-order valence-corrected chi connectivity index (χ4v) is 3.02. The third kappa shape index (κ3) is 1.23. The zero-order valence-electron chi connectivity index (χ0n) is 8.04. The Bertz CT molecular complexity index is 194. The Morgan fingerprint density at radius 2 is 1.69 bits per heavy atom. The summed E-state index contributed by atoms with van der Waals surface area (Å²) in [6, 6.07) is 0. The van der Waals surface area contributed by atoms with Crippen LogP contribution in [0.4, 0.5) is 0 Å². The van der Waals surface area contributed by atoms with Crippen LogP contribution in [0.15, 0.2) is 0 Å². The highest BCUT2D eigenvalue weighted by Gasteiger charge is 2.58. The predicted octanol–water partition coefficient (Wildman–Crippen LogP) is 1.72. The van der Waals surface area contributed by atoms with Crippen molar-refractivity contribution in [1.82, 2.24) is 0 Å². The number of aliphatic hydroxyl groups is 1. The minimum atomic E-state index is 0.154. The van der Waals surface area contributed by atoms with Gasteiger partial charge in [-0.3, -0.25) is 0 Å². The molecule has 0 radical (unpaired) electrons. The van der Waals surface area contributed by atoms with Crippen LogP contribution in [0.2, 0.25) is 0 Å². The molecule has 1 aliphatic heterocycles. The van der Waals surface area contributed by atoms with Gasteiger partial charge in [0.2, 0.25) is 0 Å². The van der Waals surface area contributed by atoms with Gasteiger partial charge in [0.05, 0.1) is 18.3 Å². The summed E-state index contributed by atoms with van der Waals surface area (Å²) in [5.74, 6) is 1.69. The molecule has 0 aromatic carbocycles. The molecule has 13 heavy (non-hydrogen) atoms. The summed E-state index contributed by atoms with van der Waals surface area (Å²) in [6.07, 6.45) is 7.94. The van der Waals surface area contributed by atoms with Crippen LogP contribution in [0.5, 0.6) is 0 Å². The van der Waals surface area contributed by atoms with Crippen molar-refractivity contribution in [1.29, 1.82) is 0 Å². The van der Waals surface area contributed by atoms with E-state index < -0.39 is 0 Å². The van der Waals surface area contributed by atoms with Gasteiger partial charge in [0.1, 0.15) is 0 Å². The number of rotatable bonds is 3. The fourth-order valence-electron chi connectivity index (χ4n) is 3.02. The Labute approximate surface area is 79.3 Å². The monoisotopic (exact) mass is 182 g/mol. The third-order valence-corrected chi connectivity index (χ3v) is 3.98. The Morgan fingerprint density at radius 1 is 1.08 bits per heavy atom. The lowest BCUT2D eigenvalue weighted by Gasteiger charge is -2.29. The molecule has 1 heterocycles. The van der Waals surface area contributed by atoms with Crippen molar-refractivity contribution in [2.45, 2.75) is 50.2 Å². The van der Waals surface area contributed by atoms with E-state index in [0.717, 1.165) is 18.3 Å². The Hall–Kier alpha value is -0.0800. The molecule has 3 aliphatic rings. The average Bonchev–Trinajstić information content (AvgIpc) is 3.02. The van der Waals surface area contributed by atoms with Crippen molar-refractivity contribution in [2.24, 2.45) is 11.8 Å². The van der Waals surface area contributed by atoms with Crippen LogP contribution in [0, 0.1) is 11.8 Å². The second kappa shape index (κ2) is 2.71. The number of hydrogen-bond acceptors (Lipinski definition) is 2. The van der Waals surface area contributed by atoms with Crippen molar-refractivity contribution in [3.05, 3.63) is 0 Å². The van der Waals surface area contributed by atoms with E-state index in [2.05, 4.69) is 0 Å². The van der Waals surface area contributed by atoms with Gasteiger partial charge in [-0.15, -0.1) is 0 Å². The molecule has 1 unspecified atom stereocenters. The van der Waals surface area contributed by atoms with Crippen molar-refractivity contribution < 1.29 is 9.84 Å². The van der Waals surface area contributed by atoms with Crippen LogP contribution in [0.3, 0.4) is 0 Å². The van der Waals surface area contributed by atoms with Crippen LogP contribution < -0.4 is 0 Å².